The number of hydrogen-bond donors (Lipinski definition) is 2. The summed E-state index contributed by atoms with van der Waals surface area (Å²) in [6.45, 7) is 3.68. The Bertz CT molecular complexity index is 733. The van der Waals surface area contributed by atoms with Crippen LogP contribution in [0.3, 0.4) is 0 Å². The van der Waals surface area contributed by atoms with Gasteiger partial charge in [-0.05, 0) is 44.7 Å². The highest BCUT2D eigenvalue weighted by molar-refractivity contribution is 6.07. The number of aromatic amines is 1. The number of para-hydroxylation sites is 1. The van der Waals surface area contributed by atoms with Crippen LogP contribution in [0.5, 0.6) is 0 Å². The molecule has 1 atom stereocenters. The largest absolute Gasteiger partial charge is 0.464 e. The van der Waals surface area contributed by atoms with Crippen LogP contribution in [0.4, 0.5) is 0 Å². The molecule has 0 spiro atoms. The number of amides is 1. The fraction of sp³-hybridized carbons (Fsp3) is 0.412. The quantitative estimate of drug-likeness (QED) is 0.851. The smallest absolute Gasteiger partial charge is 0.328 e. The molecule has 1 aliphatic carbocycles. The van der Waals surface area contributed by atoms with Gasteiger partial charge < -0.3 is 15.0 Å². The Hall–Kier alpha value is -2.30. The van der Waals surface area contributed by atoms with E-state index in [1.807, 2.05) is 12.1 Å². The number of carbonyl (C=O) groups is 2. The zero-order valence-electron chi connectivity index (χ0n) is 12.9. The van der Waals surface area contributed by atoms with Crippen molar-refractivity contribution in [2.24, 2.45) is 0 Å². The summed E-state index contributed by atoms with van der Waals surface area (Å²) in [5.74, 6) is -0.678. The maximum absolute atomic E-state index is 12.5. The number of nitrogens with one attached hydrogen (secondary N) is 2. The van der Waals surface area contributed by atoms with Gasteiger partial charge in [-0.1, -0.05) is 12.1 Å². The van der Waals surface area contributed by atoms with Crippen molar-refractivity contribution in [2.45, 2.75) is 39.2 Å². The van der Waals surface area contributed by atoms with Gasteiger partial charge in [-0.15, -0.1) is 0 Å². The highest BCUT2D eigenvalue weighted by Crippen LogP contribution is 2.31. The number of esters is 1. The lowest BCUT2D eigenvalue weighted by Crippen LogP contribution is -2.39. The highest BCUT2D eigenvalue weighted by Gasteiger charge is 2.22. The zero-order chi connectivity index (χ0) is 15.7. The summed E-state index contributed by atoms with van der Waals surface area (Å²) in [6.07, 6.45) is 3.25. The molecular weight excluding hydrogens is 280 g/mol. The first kappa shape index (κ1) is 14.6. The van der Waals surface area contributed by atoms with Gasteiger partial charge in [0.15, 0.2) is 0 Å². The summed E-state index contributed by atoms with van der Waals surface area (Å²) in [4.78, 5) is 27.5. The minimum Gasteiger partial charge on any atom is -0.464 e. The molecule has 0 unspecified atom stereocenters. The molecule has 0 saturated heterocycles. The van der Waals surface area contributed by atoms with Crippen molar-refractivity contribution in [1.82, 2.24) is 10.3 Å². The molecule has 116 valence electrons. The number of fused-ring (bicyclic) bond motifs is 3. The molecule has 0 saturated carbocycles. The lowest BCUT2D eigenvalue weighted by atomic mass is 10.1. The minimum absolute atomic E-state index is 0.258. The van der Waals surface area contributed by atoms with Crippen LogP contribution in [0, 0.1) is 0 Å². The summed E-state index contributed by atoms with van der Waals surface area (Å²) in [5, 5.41) is 3.82. The molecule has 0 aliphatic heterocycles. The van der Waals surface area contributed by atoms with Crippen molar-refractivity contribution in [3.05, 3.63) is 35.0 Å². The number of hydrogen-bond acceptors (Lipinski definition) is 3. The molecule has 1 aromatic heterocycles. The third-order valence-corrected chi connectivity index (χ3v) is 4.12. The molecule has 1 heterocycles. The Balaban J connectivity index is 1.87. The van der Waals surface area contributed by atoms with Crippen LogP contribution in [0.1, 0.15) is 41.9 Å². The van der Waals surface area contributed by atoms with Crippen molar-refractivity contribution in [3.63, 3.8) is 0 Å². The number of H-pyrrole nitrogens is 1. The standard InChI is InChI=1S/C17H20N2O3/c1-3-22-17(21)10(2)18-16(20)13-8-4-7-12-11-6-5-9-14(11)19-15(12)13/h4,7-8,10,19H,3,5-6,9H2,1-2H3,(H,18,20)/t10-/m0/s1. The van der Waals surface area contributed by atoms with Gasteiger partial charge in [0, 0.05) is 11.1 Å². The van der Waals surface area contributed by atoms with Gasteiger partial charge in [0.25, 0.3) is 5.91 Å². The molecule has 1 aliphatic rings. The van der Waals surface area contributed by atoms with Crippen LogP contribution in [-0.2, 0) is 22.4 Å². The lowest BCUT2D eigenvalue weighted by molar-refractivity contribution is -0.144. The summed E-state index contributed by atoms with van der Waals surface area (Å²) in [7, 11) is 0. The van der Waals surface area contributed by atoms with Crippen LogP contribution in [0.25, 0.3) is 10.9 Å². The Labute approximate surface area is 129 Å². The number of benzene rings is 1. The third-order valence-electron chi connectivity index (χ3n) is 4.12. The Morgan fingerprint density at radius 2 is 2.18 bits per heavy atom. The molecule has 3 rings (SSSR count). The second kappa shape index (κ2) is 5.83. The molecule has 1 amide bonds. The predicted molar refractivity (Wildman–Crippen MR) is 83.9 cm³/mol. The van der Waals surface area contributed by atoms with Gasteiger partial charge in [0.05, 0.1) is 17.7 Å². The minimum atomic E-state index is -0.662. The monoisotopic (exact) mass is 300 g/mol. The molecule has 0 radical (unpaired) electrons. The fourth-order valence-corrected chi connectivity index (χ4v) is 3.06. The Morgan fingerprint density at radius 1 is 1.36 bits per heavy atom. The topological polar surface area (TPSA) is 71.2 Å². The summed E-state index contributed by atoms with van der Waals surface area (Å²) in [5.41, 5.74) is 3.99. The summed E-state index contributed by atoms with van der Waals surface area (Å²) >= 11 is 0. The Kier molecular flexibility index (Phi) is 3.88. The van der Waals surface area contributed by atoms with Gasteiger partial charge in [-0.2, -0.15) is 0 Å². The molecule has 22 heavy (non-hydrogen) atoms. The van der Waals surface area contributed by atoms with Crippen LogP contribution in [-0.4, -0.2) is 29.5 Å². The average Bonchev–Trinajstić information content (AvgIpc) is 3.07. The van der Waals surface area contributed by atoms with E-state index in [-0.39, 0.29) is 5.91 Å². The molecule has 1 aromatic carbocycles. The van der Waals surface area contributed by atoms with E-state index in [1.165, 1.54) is 11.3 Å². The van der Waals surface area contributed by atoms with Gasteiger partial charge in [0.1, 0.15) is 6.04 Å². The van der Waals surface area contributed by atoms with Gasteiger partial charge >= 0.3 is 5.97 Å². The second-order valence-corrected chi connectivity index (χ2v) is 5.61. The normalized spacial score (nSPS) is 14.6. The van der Waals surface area contributed by atoms with Crippen molar-refractivity contribution < 1.29 is 14.3 Å². The SMILES string of the molecule is CCOC(=O)[C@H](C)NC(=O)c1cccc2c3c([nH]c12)CCC3. The lowest BCUT2D eigenvalue weighted by Gasteiger charge is -2.13. The maximum Gasteiger partial charge on any atom is 0.328 e. The van der Waals surface area contributed by atoms with Crippen LogP contribution in [0.15, 0.2) is 18.2 Å². The van der Waals surface area contributed by atoms with E-state index >= 15 is 0 Å². The Morgan fingerprint density at radius 3 is 2.95 bits per heavy atom. The van der Waals surface area contributed by atoms with Crippen molar-refractivity contribution >= 4 is 22.8 Å². The van der Waals surface area contributed by atoms with E-state index in [0.717, 1.165) is 30.2 Å². The van der Waals surface area contributed by atoms with E-state index in [9.17, 15) is 9.59 Å². The van der Waals surface area contributed by atoms with Crippen LogP contribution >= 0.6 is 0 Å². The molecule has 5 heteroatoms. The number of aromatic nitrogens is 1. The number of carbonyl (C=O) groups excluding carboxylic acids is 2. The van der Waals surface area contributed by atoms with E-state index < -0.39 is 12.0 Å². The van der Waals surface area contributed by atoms with Gasteiger partial charge in [-0.3, -0.25) is 4.79 Å². The van der Waals surface area contributed by atoms with Gasteiger partial charge in [-0.25, -0.2) is 4.79 Å². The molecular formula is C17H20N2O3. The fourth-order valence-electron chi connectivity index (χ4n) is 3.06. The molecule has 2 aromatic rings. The van der Waals surface area contributed by atoms with Crippen LogP contribution < -0.4 is 5.32 Å². The maximum atomic E-state index is 12.5. The first-order valence-corrected chi connectivity index (χ1v) is 7.71. The number of aryl methyl sites for hydroxylation is 2. The summed E-state index contributed by atoms with van der Waals surface area (Å²) < 4.78 is 4.92. The van der Waals surface area contributed by atoms with E-state index in [2.05, 4.69) is 10.3 Å². The average molecular weight is 300 g/mol. The third kappa shape index (κ3) is 2.47. The first-order chi connectivity index (χ1) is 10.6. The first-order valence-electron chi connectivity index (χ1n) is 7.71. The predicted octanol–water partition coefficient (Wildman–Crippen LogP) is 2.34. The van der Waals surface area contributed by atoms with Crippen molar-refractivity contribution in [1.29, 1.82) is 0 Å². The van der Waals surface area contributed by atoms with Crippen LogP contribution in [0.2, 0.25) is 0 Å². The van der Waals surface area contributed by atoms with E-state index in [0.29, 0.717) is 12.2 Å². The van der Waals surface area contributed by atoms with E-state index in [1.54, 1.807) is 19.9 Å². The second-order valence-electron chi connectivity index (χ2n) is 5.61. The molecule has 2 N–H and O–H groups in total. The number of rotatable bonds is 4. The van der Waals surface area contributed by atoms with Gasteiger partial charge in [0.2, 0.25) is 0 Å². The zero-order valence-corrected chi connectivity index (χ0v) is 12.9. The number of ether oxygens (including phenoxy) is 1. The van der Waals surface area contributed by atoms with Crippen molar-refractivity contribution in [2.75, 3.05) is 6.61 Å². The molecule has 5 nitrogen and oxygen atoms in total. The van der Waals surface area contributed by atoms with Crippen molar-refractivity contribution in [3.8, 4) is 0 Å². The molecule has 0 bridgehead atoms. The van der Waals surface area contributed by atoms with E-state index in [4.69, 9.17) is 4.74 Å². The highest BCUT2D eigenvalue weighted by atomic mass is 16.5. The molecule has 0 fully saturated rings. The summed E-state index contributed by atoms with van der Waals surface area (Å²) in [6, 6.07) is 5.05.